The molecule has 0 saturated heterocycles. The maximum absolute atomic E-state index is 2.58. The van der Waals surface area contributed by atoms with Gasteiger partial charge in [-0.2, -0.15) is 0 Å². The predicted molar refractivity (Wildman–Crippen MR) is 73.7 cm³/mol. The minimum atomic E-state index is 0.643. The monoisotopic (exact) mass is 224 g/mol. The second-order valence-electron chi connectivity index (χ2n) is 6.46. The van der Waals surface area contributed by atoms with E-state index in [-0.39, 0.29) is 0 Å². The third-order valence-corrected chi connectivity index (χ3v) is 4.92. The van der Waals surface area contributed by atoms with Gasteiger partial charge in [-0.05, 0) is 42.9 Å². The molecule has 1 rings (SSSR count). The Morgan fingerprint density at radius 3 is 2.25 bits per heavy atom. The summed E-state index contributed by atoms with van der Waals surface area (Å²) in [5.41, 5.74) is 0.643. The topological polar surface area (TPSA) is 0 Å². The maximum Gasteiger partial charge on any atom is -0.0295 e. The Kier molecular flexibility index (Phi) is 5.86. The Morgan fingerprint density at radius 1 is 1.12 bits per heavy atom. The quantitative estimate of drug-likeness (QED) is 0.534. The molecular weight excluding hydrogens is 192 g/mol. The zero-order valence-corrected chi connectivity index (χ0v) is 12.0. The lowest BCUT2D eigenvalue weighted by Crippen LogP contribution is -2.31. The van der Waals surface area contributed by atoms with Crippen molar-refractivity contribution in [2.75, 3.05) is 0 Å². The number of hydrogen-bond donors (Lipinski definition) is 0. The molecule has 1 fully saturated rings. The molecule has 16 heavy (non-hydrogen) atoms. The van der Waals surface area contributed by atoms with Gasteiger partial charge in [-0.3, -0.25) is 0 Å². The molecule has 0 heteroatoms. The van der Waals surface area contributed by atoms with Gasteiger partial charge in [-0.1, -0.05) is 59.8 Å². The van der Waals surface area contributed by atoms with Crippen LogP contribution in [0.2, 0.25) is 0 Å². The van der Waals surface area contributed by atoms with Crippen LogP contribution in [0.1, 0.15) is 85.5 Å². The molecule has 0 aromatic heterocycles. The SMILES string of the molecule is CCCC(C)(CC(C)CC)C1CCCCC1. The number of rotatable bonds is 6. The standard InChI is InChI=1S/C16H32/c1-5-12-16(4,13-14(3)6-2)15-10-8-7-9-11-15/h14-15H,5-13H2,1-4H3. The first kappa shape index (κ1) is 14.1. The van der Waals surface area contributed by atoms with Crippen molar-refractivity contribution < 1.29 is 0 Å². The fourth-order valence-electron chi connectivity index (χ4n) is 3.78. The van der Waals surface area contributed by atoms with Gasteiger partial charge in [-0.25, -0.2) is 0 Å². The van der Waals surface area contributed by atoms with Gasteiger partial charge in [0.25, 0.3) is 0 Å². The predicted octanol–water partition coefficient (Wildman–Crippen LogP) is 5.81. The molecule has 0 spiro atoms. The normalized spacial score (nSPS) is 24.0. The van der Waals surface area contributed by atoms with Gasteiger partial charge in [0.05, 0.1) is 0 Å². The largest absolute Gasteiger partial charge is 0.0654 e. The third kappa shape index (κ3) is 3.79. The third-order valence-electron chi connectivity index (χ3n) is 4.92. The van der Waals surface area contributed by atoms with Crippen LogP contribution < -0.4 is 0 Å². The Labute approximate surface area is 103 Å². The van der Waals surface area contributed by atoms with Crippen LogP contribution in [-0.4, -0.2) is 0 Å². The van der Waals surface area contributed by atoms with Crippen LogP contribution >= 0.6 is 0 Å². The van der Waals surface area contributed by atoms with Crippen LogP contribution in [-0.2, 0) is 0 Å². The van der Waals surface area contributed by atoms with Crippen molar-refractivity contribution in [1.29, 1.82) is 0 Å². The first-order valence-electron chi connectivity index (χ1n) is 7.62. The van der Waals surface area contributed by atoms with Crippen molar-refractivity contribution >= 4 is 0 Å². The molecule has 0 aromatic carbocycles. The lowest BCUT2D eigenvalue weighted by molar-refractivity contribution is 0.0922. The first-order chi connectivity index (χ1) is 7.62. The van der Waals surface area contributed by atoms with E-state index < -0.39 is 0 Å². The fraction of sp³-hybridized carbons (Fsp3) is 1.00. The second-order valence-corrected chi connectivity index (χ2v) is 6.46. The van der Waals surface area contributed by atoms with Gasteiger partial charge >= 0.3 is 0 Å². The highest BCUT2D eigenvalue weighted by atomic mass is 14.4. The van der Waals surface area contributed by atoms with Gasteiger partial charge in [0.15, 0.2) is 0 Å². The molecule has 0 radical (unpaired) electrons. The fourth-order valence-corrected chi connectivity index (χ4v) is 3.78. The average Bonchev–Trinajstić information content (AvgIpc) is 2.30. The molecule has 1 aliphatic carbocycles. The summed E-state index contributed by atoms with van der Waals surface area (Å²) in [5.74, 6) is 1.94. The van der Waals surface area contributed by atoms with Crippen molar-refractivity contribution in [2.24, 2.45) is 17.3 Å². The van der Waals surface area contributed by atoms with Crippen molar-refractivity contribution in [3.8, 4) is 0 Å². The molecular formula is C16H32. The van der Waals surface area contributed by atoms with Crippen molar-refractivity contribution in [2.45, 2.75) is 85.5 Å². The van der Waals surface area contributed by atoms with E-state index in [1.165, 1.54) is 57.8 Å². The molecule has 96 valence electrons. The molecule has 2 atom stereocenters. The summed E-state index contributed by atoms with van der Waals surface area (Å²) in [6, 6.07) is 0. The van der Waals surface area contributed by atoms with Gasteiger partial charge in [0, 0.05) is 0 Å². The van der Waals surface area contributed by atoms with E-state index in [4.69, 9.17) is 0 Å². The minimum absolute atomic E-state index is 0.643. The lowest BCUT2D eigenvalue weighted by atomic mass is 9.64. The van der Waals surface area contributed by atoms with E-state index in [1.807, 2.05) is 0 Å². The first-order valence-corrected chi connectivity index (χ1v) is 7.62. The Balaban J connectivity index is 2.61. The summed E-state index contributed by atoms with van der Waals surface area (Å²) in [4.78, 5) is 0. The van der Waals surface area contributed by atoms with E-state index in [2.05, 4.69) is 27.7 Å². The van der Waals surface area contributed by atoms with Gasteiger partial charge in [0.1, 0.15) is 0 Å². The zero-order valence-electron chi connectivity index (χ0n) is 12.0. The molecule has 0 nitrogen and oxygen atoms in total. The summed E-state index contributed by atoms with van der Waals surface area (Å²) < 4.78 is 0. The summed E-state index contributed by atoms with van der Waals surface area (Å²) in [7, 11) is 0. The van der Waals surface area contributed by atoms with Crippen molar-refractivity contribution in [1.82, 2.24) is 0 Å². The van der Waals surface area contributed by atoms with Crippen LogP contribution in [0.4, 0.5) is 0 Å². The van der Waals surface area contributed by atoms with Gasteiger partial charge < -0.3 is 0 Å². The van der Waals surface area contributed by atoms with Crippen LogP contribution in [0, 0.1) is 17.3 Å². The van der Waals surface area contributed by atoms with Crippen LogP contribution in [0.3, 0.4) is 0 Å². The molecule has 0 aromatic rings. The zero-order chi connectivity index (χ0) is 12.0. The highest BCUT2D eigenvalue weighted by Crippen LogP contribution is 2.46. The van der Waals surface area contributed by atoms with E-state index in [9.17, 15) is 0 Å². The molecule has 1 saturated carbocycles. The summed E-state index contributed by atoms with van der Waals surface area (Å²) in [5, 5.41) is 0. The van der Waals surface area contributed by atoms with E-state index >= 15 is 0 Å². The van der Waals surface area contributed by atoms with Gasteiger partial charge in [0.2, 0.25) is 0 Å². The van der Waals surface area contributed by atoms with E-state index in [0.29, 0.717) is 5.41 Å². The smallest absolute Gasteiger partial charge is 0.0295 e. The molecule has 0 amide bonds. The van der Waals surface area contributed by atoms with Crippen LogP contribution in [0.25, 0.3) is 0 Å². The van der Waals surface area contributed by atoms with E-state index in [1.54, 1.807) is 0 Å². The van der Waals surface area contributed by atoms with E-state index in [0.717, 1.165) is 11.8 Å². The molecule has 2 unspecified atom stereocenters. The molecule has 0 N–H and O–H groups in total. The summed E-state index contributed by atoms with van der Waals surface area (Å²) >= 11 is 0. The van der Waals surface area contributed by atoms with Crippen molar-refractivity contribution in [3.63, 3.8) is 0 Å². The maximum atomic E-state index is 2.58. The average molecular weight is 224 g/mol. The van der Waals surface area contributed by atoms with Gasteiger partial charge in [-0.15, -0.1) is 0 Å². The summed E-state index contributed by atoms with van der Waals surface area (Å²) in [6.45, 7) is 9.73. The summed E-state index contributed by atoms with van der Waals surface area (Å²) in [6.07, 6.45) is 13.1. The molecule has 0 bridgehead atoms. The Hall–Kier alpha value is 0. The Morgan fingerprint density at radius 2 is 1.75 bits per heavy atom. The molecule has 0 heterocycles. The molecule has 0 aliphatic heterocycles. The number of hydrogen-bond acceptors (Lipinski definition) is 0. The highest BCUT2D eigenvalue weighted by molar-refractivity contribution is 4.85. The lowest BCUT2D eigenvalue weighted by Gasteiger charge is -2.42. The van der Waals surface area contributed by atoms with Crippen molar-refractivity contribution in [3.05, 3.63) is 0 Å². The highest BCUT2D eigenvalue weighted by Gasteiger charge is 2.34. The molecule has 1 aliphatic rings. The minimum Gasteiger partial charge on any atom is -0.0654 e. The van der Waals surface area contributed by atoms with Crippen LogP contribution in [0.15, 0.2) is 0 Å². The Bertz CT molecular complexity index is 178. The second kappa shape index (κ2) is 6.67. The van der Waals surface area contributed by atoms with Crippen LogP contribution in [0.5, 0.6) is 0 Å².